The van der Waals surface area contributed by atoms with Crippen molar-refractivity contribution in [3.8, 4) is 5.75 Å². The monoisotopic (exact) mass is 356 g/mol. The molecule has 1 aromatic rings. The van der Waals surface area contributed by atoms with Crippen molar-refractivity contribution in [2.24, 2.45) is 5.92 Å². The summed E-state index contributed by atoms with van der Waals surface area (Å²) in [4.78, 5) is 26.0. The first-order valence-electron chi connectivity index (χ1n) is 8.18. The minimum absolute atomic E-state index is 0.0176. The van der Waals surface area contributed by atoms with Gasteiger partial charge in [0.1, 0.15) is 5.75 Å². The van der Waals surface area contributed by atoms with E-state index in [-0.39, 0.29) is 35.9 Å². The van der Waals surface area contributed by atoms with Crippen molar-refractivity contribution in [3.63, 3.8) is 0 Å². The van der Waals surface area contributed by atoms with Crippen LogP contribution in [-0.4, -0.2) is 35.7 Å². The molecule has 1 aromatic carbocycles. The predicted molar refractivity (Wildman–Crippen MR) is 82.5 cm³/mol. The molecule has 1 heterocycles. The summed E-state index contributed by atoms with van der Waals surface area (Å²) in [7, 11) is 0. The molecule has 136 valence electrons. The smallest absolute Gasteiger partial charge is 0.406 e. The van der Waals surface area contributed by atoms with E-state index >= 15 is 0 Å². The fraction of sp³-hybridized carbons (Fsp3) is 0.529. The highest BCUT2D eigenvalue weighted by Gasteiger charge is 2.41. The second-order valence-electron chi connectivity index (χ2n) is 6.53. The Morgan fingerprint density at radius 3 is 2.48 bits per heavy atom. The first kappa shape index (κ1) is 17.6. The number of benzene rings is 1. The summed E-state index contributed by atoms with van der Waals surface area (Å²) in [5, 5.41) is 2.83. The second kappa shape index (κ2) is 6.57. The third-order valence-corrected chi connectivity index (χ3v) is 4.49. The van der Waals surface area contributed by atoms with Gasteiger partial charge < -0.3 is 15.0 Å². The molecule has 2 unspecified atom stereocenters. The van der Waals surface area contributed by atoms with Crippen molar-refractivity contribution in [3.05, 3.63) is 29.8 Å². The van der Waals surface area contributed by atoms with Crippen LogP contribution in [0.4, 0.5) is 13.2 Å². The molecular formula is C17H19F3N2O3. The Morgan fingerprint density at radius 2 is 1.92 bits per heavy atom. The highest BCUT2D eigenvalue weighted by atomic mass is 19.4. The quantitative estimate of drug-likeness (QED) is 0.883. The van der Waals surface area contributed by atoms with E-state index in [9.17, 15) is 22.8 Å². The van der Waals surface area contributed by atoms with Gasteiger partial charge in [0, 0.05) is 19.0 Å². The van der Waals surface area contributed by atoms with Gasteiger partial charge >= 0.3 is 6.36 Å². The lowest BCUT2D eigenvalue weighted by Crippen LogP contribution is -2.35. The summed E-state index contributed by atoms with van der Waals surface area (Å²) < 4.78 is 40.3. The standard InChI is InChI=1S/C17H19F3N2O3/c1-10(11-2-6-14(7-3-11)25-17(18,19)20)21-16(24)12-8-15(23)22(9-12)13-4-5-13/h2-3,6-7,10,12-13H,4-5,8-9H2,1H3,(H,21,24). The van der Waals surface area contributed by atoms with Crippen LogP contribution in [0.25, 0.3) is 0 Å². The van der Waals surface area contributed by atoms with Crippen molar-refractivity contribution in [2.45, 2.75) is 44.6 Å². The highest BCUT2D eigenvalue weighted by Crippen LogP contribution is 2.33. The Kier molecular flexibility index (Phi) is 4.62. The maximum atomic E-state index is 12.4. The molecule has 3 rings (SSSR count). The number of amides is 2. The molecule has 1 saturated carbocycles. The van der Waals surface area contributed by atoms with E-state index in [1.807, 2.05) is 0 Å². The van der Waals surface area contributed by atoms with E-state index in [0.29, 0.717) is 18.2 Å². The molecule has 8 heteroatoms. The molecule has 1 aliphatic heterocycles. The lowest BCUT2D eigenvalue weighted by Gasteiger charge is -2.19. The van der Waals surface area contributed by atoms with Gasteiger partial charge in [-0.1, -0.05) is 12.1 Å². The van der Waals surface area contributed by atoms with Gasteiger partial charge in [0.25, 0.3) is 0 Å². The van der Waals surface area contributed by atoms with Crippen molar-refractivity contribution >= 4 is 11.8 Å². The number of alkyl halides is 3. The van der Waals surface area contributed by atoms with Gasteiger partial charge in [-0.25, -0.2) is 0 Å². The van der Waals surface area contributed by atoms with E-state index in [0.717, 1.165) is 12.8 Å². The van der Waals surface area contributed by atoms with Crippen LogP contribution < -0.4 is 10.1 Å². The van der Waals surface area contributed by atoms with Gasteiger partial charge in [-0.15, -0.1) is 13.2 Å². The molecule has 0 spiro atoms. The van der Waals surface area contributed by atoms with E-state index < -0.39 is 6.36 Å². The van der Waals surface area contributed by atoms with E-state index in [2.05, 4.69) is 10.1 Å². The van der Waals surface area contributed by atoms with E-state index in [1.54, 1.807) is 11.8 Å². The van der Waals surface area contributed by atoms with Crippen LogP contribution in [0, 0.1) is 5.92 Å². The van der Waals surface area contributed by atoms with E-state index in [1.165, 1.54) is 24.3 Å². The van der Waals surface area contributed by atoms with Gasteiger partial charge in [0.05, 0.1) is 12.0 Å². The first-order chi connectivity index (χ1) is 11.7. The van der Waals surface area contributed by atoms with Gasteiger partial charge in [-0.2, -0.15) is 0 Å². The summed E-state index contributed by atoms with van der Waals surface area (Å²) in [6, 6.07) is 5.28. The topological polar surface area (TPSA) is 58.6 Å². The van der Waals surface area contributed by atoms with E-state index in [4.69, 9.17) is 0 Å². The Hall–Kier alpha value is -2.25. The van der Waals surface area contributed by atoms with Crippen LogP contribution in [0.3, 0.4) is 0 Å². The first-order valence-corrected chi connectivity index (χ1v) is 8.18. The van der Waals surface area contributed by atoms with Gasteiger partial charge in [-0.05, 0) is 37.5 Å². The van der Waals surface area contributed by atoms with Gasteiger partial charge in [0.15, 0.2) is 0 Å². The maximum absolute atomic E-state index is 12.4. The number of rotatable bonds is 5. The number of ether oxygens (including phenoxy) is 1. The van der Waals surface area contributed by atoms with Crippen LogP contribution in [0.15, 0.2) is 24.3 Å². The van der Waals surface area contributed by atoms with Crippen LogP contribution in [0.5, 0.6) is 5.75 Å². The van der Waals surface area contributed by atoms with Crippen molar-refractivity contribution in [2.75, 3.05) is 6.54 Å². The molecule has 0 bridgehead atoms. The average molecular weight is 356 g/mol. The van der Waals surface area contributed by atoms with Crippen LogP contribution in [0.2, 0.25) is 0 Å². The third-order valence-electron chi connectivity index (χ3n) is 4.49. The molecule has 2 amide bonds. The summed E-state index contributed by atoms with van der Waals surface area (Å²) in [5.41, 5.74) is 0.659. The summed E-state index contributed by atoms with van der Waals surface area (Å²) in [5.74, 6) is -0.872. The molecule has 0 radical (unpaired) electrons. The summed E-state index contributed by atoms with van der Waals surface area (Å²) in [6.45, 7) is 2.19. The number of nitrogens with one attached hydrogen (secondary N) is 1. The number of carbonyl (C=O) groups excluding carboxylic acids is 2. The molecule has 2 atom stereocenters. The lowest BCUT2D eigenvalue weighted by molar-refractivity contribution is -0.274. The molecule has 2 aliphatic rings. The summed E-state index contributed by atoms with van der Waals surface area (Å²) >= 11 is 0. The predicted octanol–water partition coefficient (Wildman–Crippen LogP) is 2.77. The zero-order valence-corrected chi connectivity index (χ0v) is 13.7. The number of carbonyl (C=O) groups is 2. The minimum atomic E-state index is -4.73. The molecular weight excluding hydrogens is 337 g/mol. The van der Waals surface area contributed by atoms with Crippen LogP contribution in [0.1, 0.15) is 37.8 Å². The molecule has 1 saturated heterocycles. The van der Waals surface area contributed by atoms with Crippen molar-refractivity contribution in [1.29, 1.82) is 0 Å². The molecule has 5 nitrogen and oxygen atoms in total. The normalized spacial score (nSPS) is 22.0. The molecule has 1 N–H and O–H groups in total. The number of nitrogens with zero attached hydrogens (tertiary/aromatic N) is 1. The second-order valence-corrected chi connectivity index (χ2v) is 6.53. The lowest BCUT2D eigenvalue weighted by atomic mass is 10.0. The van der Waals surface area contributed by atoms with Crippen molar-refractivity contribution in [1.82, 2.24) is 10.2 Å². The molecule has 25 heavy (non-hydrogen) atoms. The SMILES string of the molecule is CC(NC(=O)C1CC(=O)N(C2CC2)C1)c1ccc(OC(F)(F)F)cc1. The number of hydrogen-bond acceptors (Lipinski definition) is 3. The average Bonchev–Trinajstić information content (AvgIpc) is 3.28. The number of likely N-dealkylation sites (tertiary alicyclic amines) is 1. The zero-order valence-electron chi connectivity index (χ0n) is 13.7. The third kappa shape index (κ3) is 4.43. The maximum Gasteiger partial charge on any atom is 0.573 e. The molecule has 0 aromatic heterocycles. The van der Waals surface area contributed by atoms with Crippen LogP contribution in [-0.2, 0) is 9.59 Å². The Balaban J connectivity index is 1.55. The Bertz CT molecular complexity index is 656. The van der Waals surface area contributed by atoms with Crippen LogP contribution >= 0.6 is 0 Å². The number of halogens is 3. The largest absolute Gasteiger partial charge is 0.573 e. The molecule has 1 aliphatic carbocycles. The Labute approximate surface area is 143 Å². The molecule has 2 fully saturated rings. The Morgan fingerprint density at radius 1 is 1.28 bits per heavy atom. The fourth-order valence-corrected chi connectivity index (χ4v) is 3.02. The zero-order chi connectivity index (χ0) is 18.2. The van der Waals surface area contributed by atoms with Crippen molar-refractivity contribution < 1.29 is 27.5 Å². The summed E-state index contributed by atoms with van der Waals surface area (Å²) in [6.07, 6.45) is -2.51. The highest BCUT2D eigenvalue weighted by molar-refractivity contribution is 5.89. The fourth-order valence-electron chi connectivity index (χ4n) is 3.02. The number of hydrogen-bond donors (Lipinski definition) is 1. The minimum Gasteiger partial charge on any atom is -0.406 e. The van der Waals surface area contributed by atoms with Gasteiger partial charge in [0.2, 0.25) is 11.8 Å². The van der Waals surface area contributed by atoms with Gasteiger partial charge in [-0.3, -0.25) is 9.59 Å².